The molecule has 7 nitrogen and oxygen atoms in total. The van der Waals surface area contributed by atoms with Crippen LogP contribution >= 0.6 is 0 Å². The standard InChI is InChI=1S/C20H26N2O5/c1-2-27-19(26)15(22)11-20(9-8-16(23)17(24)12-20)18(25)14(21)10-13-6-4-3-5-7-13/h3-9,14-15,23-24H,2,10-12,21-22H2,1H3/t14-,15-,20?/m0/s1. The van der Waals surface area contributed by atoms with Gasteiger partial charge in [0, 0.05) is 6.42 Å². The Kier molecular flexibility index (Phi) is 6.76. The summed E-state index contributed by atoms with van der Waals surface area (Å²) in [7, 11) is 0. The van der Waals surface area contributed by atoms with Crippen molar-refractivity contribution in [2.75, 3.05) is 6.61 Å². The molecule has 3 atom stereocenters. The molecular weight excluding hydrogens is 348 g/mol. The molecular formula is C20H26N2O5. The van der Waals surface area contributed by atoms with Crippen LogP contribution in [0.1, 0.15) is 25.3 Å². The van der Waals surface area contributed by atoms with Crippen LogP contribution in [0.3, 0.4) is 0 Å². The number of rotatable bonds is 8. The molecule has 1 aromatic rings. The third-order valence-electron chi connectivity index (χ3n) is 4.64. The molecule has 0 heterocycles. The predicted molar refractivity (Wildman–Crippen MR) is 101 cm³/mol. The van der Waals surface area contributed by atoms with Crippen molar-refractivity contribution in [2.45, 2.75) is 38.3 Å². The summed E-state index contributed by atoms with van der Waals surface area (Å²) in [4.78, 5) is 25.1. The molecule has 7 heteroatoms. The number of hydrogen-bond donors (Lipinski definition) is 4. The number of ketones is 1. The average Bonchev–Trinajstić information content (AvgIpc) is 2.65. The molecule has 1 unspecified atom stereocenters. The average molecular weight is 374 g/mol. The molecule has 0 saturated carbocycles. The lowest BCUT2D eigenvalue weighted by molar-refractivity contribution is -0.145. The summed E-state index contributed by atoms with van der Waals surface area (Å²) in [6.07, 6.45) is 2.75. The lowest BCUT2D eigenvalue weighted by Gasteiger charge is -2.35. The molecule has 1 aliphatic rings. The maximum absolute atomic E-state index is 13.2. The normalized spacial score (nSPS) is 21.6. The van der Waals surface area contributed by atoms with Gasteiger partial charge in [0.15, 0.2) is 11.5 Å². The molecule has 1 aliphatic carbocycles. The largest absolute Gasteiger partial charge is 0.508 e. The van der Waals surface area contributed by atoms with Crippen LogP contribution in [0.15, 0.2) is 54.0 Å². The summed E-state index contributed by atoms with van der Waals surface area (Å²) < 4.78 is 4.92. The van der Waals surface area contributed by atoms with E-state index in [0.717, 1.165) is 5.56 Å². The molecule has 0 bridgehead atoms. The van der Waals surface area contributed by atoms with E-state index in [4.69, 9.17) is 16.2 Å². The van der Waals surface area contributed by atoms with Gasteiger partial charge in [-0.2, -0.15) is 0 Å². The van der Waals surface area contributed by atoms with E-state index < -0.39 is 23.5 Å². The second kappa shape index (κ2) is 8.83. The third kappa shape index (κ3) is 4.96. The van der Waals surface area contributed by atoms with Crippen molar-refractivity contribution >= 4 is 11.8 Å². The zero-order valence-electron chi connectivity index (χ0n) is 15.3. The van der Waals surface area contributed by atoms with E-state index in [1.54, 1.807) is 6.92 Å². The van der Waals surface area contributed by atoms with Gasteiger partial charge in [-0.3, -0.25) is 9.59 Å². The number of benzene rings is 1. The van der Waals surface area contributed by atoms with Crippen molar-refractivity contribution in [1.82, 2.24) is 0 Å². The number of carbonyl (C=O) groups is 2. The molecule has 0 aliphatic heterocycles. The maximum atomic E-state index is 13.2. The van der Waals surface area contributed by atoms with Crippen molar-refractivity contribution in [2.24, 2.45) is 16.9 Å². The molecule has 1 aromatic carbocycles. The van der Waals surface area contributed by atoms with E-state index in [2.05, 4.69) is 0 Å². The fourth-order valence-corrected chi connectivity index (χ4v) is 3.25. The van der Waals surface area contributed by atoms with Crippen LogP contribution in [0.2, 0.25) is 0 Å². The smallest absolute Gasteiger partial charge is 0.322 e. The molecule has 0 radical (unpaired) electrons. The second-order valence-corrected chi connectivity index (χ2v) is 6.72. The lowest BCUT2D eigenvalue weighted by atomic mass is 9.70. The number of Topliss-reactive ketones (excluding diaryl/α,β-unsaturated/α-hetero) is 1. The van der Waals surface area contributed by atoms with Crippen LogP contribution in [0.25, 0.3) is 0 Å². The van der Waals surface area contributed by atoms with E-state index in [-0.39, 0.29) is 36.8 Å². The van der Waals surface area contributed by atoms with Gasteiger partial charge in [0.25, 0.3) is 0 Å². The van der Waals surface area contributed by atoms with Gasteiger partial charge in [0.2, 0.25) is 0 Å². The molecule has 2 rings (SSSR count). The van der Waals surface area contributed by atoms with Gasteiger partial charge >= 0.3 is 5.97 Å². The Morgan fingerprint density at radius 1 is 1.19 bits per heavy atom. The summed E-state index contributed by atoms with van der Waals surface area (Å²) in [6, 6.07) is 7.38. The van der Waals surface area contributed by atoms with Gasteiger partial charge in [0.05, 0.1) is 18.1 Å². The van der Waals surface area contributed by atoms with Crippen molar-refractivity contribution in [1.29, 1.82) is 0 Å². The molecule has 0 amide bonds. The fraction of sp³-hybridized carbons (Fsp3) is 0.400. The molecule has 146 valence electrons. The highest BCUT2D eigenvalue weighted by atomic mass is 16.5. The highest BCUT2D eigenvalue weighted by Crippen LogP contribution is 2.39. The number of hydrogen-bond acceptors (Lipinski definition) is 7. The van der Waals surface area contributed by atoms with E-state index >= 15 is 0 Å². The number of aliphatic hydroxyl groups is 2. The Morgan fingerprint density at radius 3 is 2.44 bits per heavy atom. The number of esters is 1. The molecule has 27 heavy (non-hydrogen) atoms. The molecule has 0 aromatic heterocycles. The molecule has 0 spiro atoms. The fourth-order valence-electron chi connectivity index (χ4n) is 3.25. The minimum atomic E-state index is -1.29. The summed E-state index contributed by atoms with van der Waals surface area (Å²) >= 11 is 0. The second-order valence-electron chi connectivity index (χ2n) is 6.72. The van der Waals surface area contributed by atoms with Crippen molar-refractivity contribution < 1.29 is 24.5 Å². The number of ether oxygens (including phenoxy) is 1. The lowest BCUT2D eigenvalue weighted by Crippen LogP contribution is -2.49. The number of allylic oxidation sites excluding steroid dienone is 3. The van der Waals surface area contributed by atoms with E-state index in [1.165, 1.54) is 12.2 Å². The molecule has 0 saturated heterocycles. The predicted octanol–water partition coefficient (Wildman–Crippen LogP) is 1.68. The van der Waals surface area contributed by atoms with E-state index in [0.29, 0.717) is 6.42 Å². The Bertz CT molecular complexity index is 744. The first-order valence-corrected chi connectivity index (χ1v) is 8.85. The number of nitrogens with two attached hydrogens (primary N) is 2. The first kappa shape index (κ1) is 20.7. The van der Waals surface area contributed by atoms with Crippen LogP contribution in [-0.2, 0) is 20.7 Å². The van der Waals surface area contributed by atoms with Gasteiger partial charge < -0.3 is 26.4 Å². The van der Waals surface area contributed by atoms with Gasteiger partial charge in [-0.25, -0.2) is 0 Å². The van der Waals surface area contributed by atoms with Gasteiger partial charge in [0.1, 0.15) is 11.8 Å². The molecule has 6 N–H and O–H groups in total. The zero-order chi connectivity index (χ0) is 20.0. The third-order valence-corrected chi connectivity index (χ3v) is 4.64. The summed E-state index contributed by atoms with van der Waals surface area (Å²) in [5, 5.41) is 19.7. The summed E-state index contributed by atoms with van der Waals surface area (Å²) in [5.74, 6) is -1.65. The van der Waals surface area contributed by atoms with Crippen LogP contribution < -0.4 is 11.5 Å². The Morgan fingerprint density at radius 2 is 1.85 bits per heavy atom. The zero-order valence-corrected chi connectivity index (χ0v) is 15.3. The van der Waals surface area contributed by atoms with Crippen LogP contribution in [0.4, 0.5) is 0 Å². The molecule has 0 fully saturated rings. The Labute approximate surface area is 158 Å². The number of carbonyl (C=O) groups excluding carboxylic acids is 2. The monoisotopic (exact) mass is 374 g/mol. The summed E-state index contributed by atoms with van der Waals surface area (Å²) in [6.45, 7) is 1.83. The van der Waals surface area contributed by atoms with E-state index in [9.17, 15) is 19.8 Å². The van der Waals surface area contributed by atoms with Crippen molar-refractivity contribution in [3.8, 4) is 0 Å². The van der Waals surface area contributed by atoms with Gasteiger partial charge in [-0.05, 0) is 31.4 Å². The highest BCUT2D eigenvalue weighted by Gasteiger charge is 2.44. The summed E-state index contributed by atoms with van der Waals surface area (Å²) in [5.41, 5.74) is 11.7. The topological polar surface area (TPSA) is 136 Å². The minimum absolute atomic E-state index is 0.0823. The van der Waals surface area contributed by atoms with Gasteiger partial charge in [-0.1, -0.05) is 36.4 Å². The first-order chi connectivity index (χ1) is 12.8. The van der Waals surface area contributed by atoms with Crippen LogP contribution in [0.5, 0.6) is 0 Å². The highest BCUT2D eigenvalue weighted by molar-refractivity contribution is 5.93. The van der Waals surface area contributed by atoms with Crippen LogP contribution in [-0.4, -0.2) is 40.7 Å². The number of aliphatic hydroxyl groups excluding tert-OH is 2. The minimum Gasteiger partial charge on any atom is -0.508 e. The quantitative estimate of drug-likeness (QED) is 0.508. The van der Waals surface area contributed by atoms with Crippen molar-refractivity contribution in [3.63, 3.8) is 0 Å². The van der Waals surface area contributed by atoms with Crippen molar-refractivity contribution in [3.05, 3.63) is 59.6 Å². The SMILES string of the molecule is CCOC(=O)[C@@H](N)CC1(C(=O)[C@@H](N)Cc2ccccc2)C=CC(O)=C(O)C1. The van der Waals surface area contributed by atoms with Crippen LogP contribution in [0, 0.1) is 5.41 Å². The maximum Gasteiger partial charge on any atom is 0.322 e. The van der Waals surface area contributed by atoms with Gasteiger partial charge in [-0.15, -0.1) is 0 Å². The van der Waals surface area contributed by atoms with E-state index in [1.807, 2.05) is 30.3 Å². The first-order valence-electron chi connectivity index (χ1n) is 8.85. The Balaban J connectivity index is 2.25. The Hall–Kier alpha value is -2.64.